The Hall–Kier alpha value is -0.770. The SMILES string of the molecule is CC1(CNC(=O)OC(C)(C)C)CNC1. The van der Waals surface area contributed by atoms with Gasteiger partial charge in [0, 0.05) is 25.0 Å². The molecule has 1 amide bonds. The van der Waals surface area contributed by atoms with Gasteiger partial charge in [0.2, 0.25) is 0 Å². The Bertz CT molecular complexity index is 217. The Morgan fingerprint density at radius 2 is 2.07 bits per heavy atom. The summed E-state index contributed by atoms with van der Waals surface area (Å²) >= 11 is 0. The molecule has 1 fully saturated rings. The van der Waals surface area contributed by atoms with E-state index in [1.165, 1.54) is 0 Å². The monoisotopic (exact) mass is 200 g/mol. The van der Waals surface area contributed by atoms with E-state index in [4.69, 9.17) is 4.74 Å². The van der Waals surface area contributed by atoms with E-state index in [0.717, 1.165) is 13.1 Å². The molecule has 0 aromatic carbocycles. The molecule has 1 aliphatic heterocycles. The van der Waals surface area contributed by atoms with Gasteiger partial charge in [-0.25, -0.2) is 4.79 Å². The van der Waals surface area contributed by atoms with E-state index in [9.17, 15) is 4.79 Å². The summed E-state index contributed by atoms with van der Waals surface area (Å²) in [6, 6.07) is 0. The van der Waals surface area contributed by atoms with E-state index in [0.29, 0.717) is 6.54 Å². The van der Waals surface area contributed by atoms with Gasteiger partial charge in [-0.2, -0.15) is 0 Å². The van der Waals surface area contributed by atoms with Gasteiger partial charge >= 0.3 is 6.09 Å². The van der Waals surface area contributed by atoms with Crippen LogP contribution in [0.1, 0.15) is 27.7 Å². The molecule has 1 saturated heterocycles. The molecule has 0 spiro atoms. The molecule has 0 saturated carbocycles. The van der Waals surface area contributed by atoms with Gasteiger partial charge < -0.3 is 15.4 Å². The first-order chi connectivity index (χ1) is 6.31. The summed E-state index contributed by atoms with van der Waals surface area (Å²) in [5.41, 5.74) is -0.209. The molecule has 0 aromatic heterocycles. The molecular formula is C10H20N2O2. The number of carbonyl (C=O) groups is 1. The molecule has 14 heavy (non-hydrogen) atoms. The van der Waals surface area contributed by atoms with E-state index in [-0.39, 0.29) is 11.5 Å². The number of ether oxygens (including phenoxy) is 1. The van der Waals surface area contributed by atoms with Crippen LogP contribution in [0.5, 0.6) is 0 Å². The minimum atomic E-state index is -0.414. The van der Waals surface area contributed by atoms with Crippen LogP contribution in [-0.4, -0.2) is 31.3 Å². The first-order valence-electron chi connectivity index (χ1n) is 4.98. The Morgan fingerprint density at radius 1 is 1.50 bits per heavy atom. The normalized spacial score (nSPS) is 19.7. The molecule has 1 heterocycles. The fourth-order valence-corrected chi connectivity index (χ4v) is 1.28. The van der Waals surface area contributed by atoms with Gasteiger partial charge in [0.15, 0.2) is 0 Å². The van der Waals surface area contributed by atoms with E-state index >= 15 is 0 Å². The highest BCUT2D eigenvalue weighted by atomic mass is 16.6. The Kier molecular flexibility index (Phi) is 3.04. The van der Waals surface area contributed by atoms with Crippen molar-refractivity contribution >= 4 is 6.09 Å². The number of hydrogen-bond donors (Lipinski definition) is 2. The molecule has 0 aromatic rings. The number of nitrogens with one attached hydrogen (secondary N) is 2. The lowest BCUT2D eigenvalue weighted by molar-refractivity contribution is 0.0484. The van der Waals surface area contributed by atoms with Crippen LogP contribution < -0.4 is 10.6 Å². The largest absolute Gasteiger partial charge is 0.444 e. The van der Waals surface area contributed by atoms with Crippen molar-refractivity contribution in [1.29, 1.82) is 0 Å². The fourth-order valence-electron chi connectivity index (χ4n) is 1.28. The van der Waals surface area contributed by atoms with Crippen LogP contribution in [-0.2, 0) is 4.74 Å². The van der Waals surface area contributed by atoms with Gasteiger partial charge in [-0.05, 0) is 20.8 Å². The average molecular weight is 200 g/mol. The second-order valence-corrected chi connectivity index (χ2v) is 5.27. The molecule has 0 atom stereocenters. The van der Waals surface area contributed by atoms with Crippen LogP contribution in [0.25, 0.3) is 0 Å². The molecule has 1 rings (SSSR count). The summed E-state index contributed by atoms with van der Waals surface area (Å²) in [4.78, 5) is 11.3. The molecule has 2 N–H and O–H groups in total. The van der Waals surface area contributed by atoms with Crippen molar-refractivity contribution in [2.45, 2.75) is 33.3 Å². The molecular weight excluding hydrogens is 180 g/mol. The summed E-state index contributed by atoms with van der Waals surface area (Å²) in [6.07, 6.45) is -0.328. The average Bonchev–Trinajstić information content (AvgIpc) is 1.94. The predicted molar refractivity (Wildman–Crippen MR) is 55.2 cm³/mol. The summed E-state index contributed by atoms with van der Waals surface area (Å²) in [6.45, 7) is 10.3. The van der Waals surface area contributed by atoms with Crippen LogP contribution in [0.15, 0.2) is 0 Å². The Morgan fingerprint density at radius 3 is 2.43 bits per heavy atom. The van der Waals surface area contributed by atoms with Crippen molar-refractivity contribution in [3.05, 3.63) is 0 Å². The second kappa shape index (κ2) is 3.77. The molecule has 1 aliphatic rings. The van der Waals surface area contributed by atoms with E-state index in [1.54, 1.807) is 0 Å². The van der Waals surface area contributed by atoms with Crippen molar-refractivity contribution in [2.24, 2.45) is 5.41 Å². The Balaban J connectivity index is 2.21. The van der Waals surface area contributed by atoms with Gasteiger partial charge in [0.25, 0.3) is 0 Å². The molecule has 82 valence electrons. The first-order valence-corrected chi connectivity index (χ1v) is 4.98. The summed E-state index contributed by atoms with van der Waals surface area (Å²) < 4.78 is 5.13. The van der Waals surface area contributed by atoms with Crippen molar-refractivity contribution in [3.8, 4) is 0 Å². The topological polar surface area (TPSA) is 50.4 Å². The van der Waals surface area contributed by atoms with Crippen LogP contribution in [0.2, 0.25) is 0 Å². The number of amides is 1. The van der Waals surface area contributed by atoms with Gasteiger partial charge in [-0.3, -0.25) is 0 Å². The lowest BCUT2D eigenvalue weighted by Crippen LogP contribution is -2.57. The van der Waals surface area contributed by atoms with Crippen molar-refractivity contribution in [1.82, 2.24) is 10.6 Å². The Labute approximate surface area is 85.4 Å². The maximum absolute atomic E-state index is 11.3. The highest BCUT2D eigenvalue weighted by Crippen LogP contribution is 2.19. The third-order valence-corrected chi connectivity index (χ3v) is 2.16. The molecule has 4 heteroatoms. The molecule has 0 unspecified atom stereocenters. The zero-order valence-electron chi connectivity index (χ0n) is 9.44. The maximum atomic E-state index is 11.3. The summed E-state index contributed by atoms with van der Waals surface area (Å²) in [5, 5.41) is 5.96. The maximum Gasteiger partial charge on any atom is 0.407 e. The minimum Gasteiger partial charge on any atom is -0.444 e. The number of hydrogen-bond acceptors (Lipinski definition) is 3. The van der Waals surface area contributed by atoms with Crippen LogP contribution in [0.4, 0.5) is 4.79 Å². The van der Waals surface area contributed by atoms with Crippen molar-refractivity contribution in [3.63, 3.8) is 0 Å². The fraction of sp³-hybridized carbons (Fsp3) is 0.900. The van der Waals surface area contributed by atoms with Crippen LogP contribution in [0, 0.1) is 5.41 Å². The zero-order chi connectivity index (χ0) is 10.8. The van der Waals surface area contributed by atoms with Crippen LogP contribution in [0.3, 0.4) is 0 Å². The second-order valence-electron chi connectivity index (χ2n) is 5.27. The summed E-state index contributed by atoms with van der Waals surface area (Å²) in [5.74, 6) is 0. The highest BCUT2D eigenvalue weighted by Gasteiger charge is 2.32. The molecule has 0 radical (unpaired) electrons. The minimum absolute atomic E-state index is 0.205. The van der Waals surface area contributed by atoms with E-state index < -0.39 is 5.60 Å². The third kappa shape index (κ3) is 3.54. The van der Waals surface area contributed by atoms with E-state index in [2.05, 4.69) is 17.6 Å². The number of carbonyl (C=O) groups excluding carboxylic acids is 1. The van der Waals surface area contributed by atoms with E-state index in [1.807, 2.05) is 20.8 Å². The van der Waals surface area contributed by atoms with Crippen molar-refractivity contribution in [2.75, 3.05) is 19.6 Å². The highest BCUT2D eigenvalue weighted by molar-refractivity contribution is 5.67. The van der Waals surface area contributed by atoms with Gasteiger partial charge in [-0.1, -0.05) is 6.92 Å². The molecule has 4 nitrogen and oxygen atoms in total. The van der Waals surface area contributed by atoms with Gasteiger partial charge in [0.05, 0.1) is 0 Å². The smallest absolute Gasteiger partial charge is 0.407 e. The summed E-state index contributed by atoms with van der Waals surface area (Å²) in [7, 11) is 0. The number of rotatable bonds is 2. The predicted octanol–water partition coefficient (Wildman–Crippen LogP) is 1.12. The third-order valence-electron chi connectivity index (χ3n) is 2.16. The number of alkyl carbamates (subject to hydrolysis) is 1. The van der Waals surface area contributed by atoms with Gasteiger partial charge in [-0.15, -0.1) is 0 Å². The molecule has 0 aliphatic carbocycles. The quantitative estimate of drug-likeness (QED) is 0.702. The standard InChI is InChI=1S/C10H20N2O2/c1-9(2,3)14-8(13)12-7-10(4)5-11-6-10/h11H,5-7H2,1-4H3,(H,12,13). The lowest BCUT2D eigenvalue weighted by Gasteiger charge is -2.39. The zero-order valence-corrected chi connectivity index (χ0v) is 9.44. The molecule has 0 bridgehead atoms. The first kappa shape index (κ1) is 11.3. The van der Waals surface area contributed by atoms with Crippen molar-refractivity contribution < 1.29 is 9.53 Å². The van der Waals surface area contributed by atoms with Crippen LogP contribution >= 0.6 is 0 Å². The van der Waals surface area contributed by atoms with Gasteiger partial charge in [0.1, 0.15) is 5.60 Å². The lowest BCUT2D eigenvalue weighted by atomic mass is 9.84.